The van der Waals surface area contributed by atoms with Crippen molar-refractivity contribution in [2.45, 2.75) is 13.5 Å². The number of nitrogens with one attached hydrogen (secondary N) is 2. The molecular weight excluding hydrogens is 250 g/mol. The fourth-order valence-corrected chi connectivity index (χ4v) is 1.95. The van der Waals surface area contributed by atoms with Crippen LogP contribution in [0.25, 0.3) is 11.4 Å². The van der Waals surface area contributed by atoms with E-state index in [1.807, 2.05) is 49.5 Å². The minimum atomic E-state index is 0.715. The summed E-state index contributed by atoms with van der Waals surface area (Å²) in [7, 11) is 0. The fourth-order valence-electron chi connectivity index (χ4n) is 1.95. The lowest BCUT2D eigenvalue weighted by atomic mass is 10.2. The molecule has 0 fully saturated rings. The van der Waals surface area contributed by atoms with E-state index in [1.165, 1.54) is 0 Å². The Morgan fingerprint density at radius 3 is 2.90 bits per heavy atom. The molecule has 20 heavy (non-hydrogen) atoms. The molecule has 2 heterocycles. The molecule has 0 aliphatic rings. The summed E-state index contributed by atoms with van der Waals surface area (Å²) in [6.07, 6.45) is 3.63. The van der Waals surface area contributed by atoms with Gasteiger partial charge in [0, 0.05) is 30.2 Å². The summed E-state index contributed by atoms with van der Waals surface area (Å²) in [5.41, 5.74) is 3.17. The summed E-state index contributed by atoms with van der Waals surface area (Å²) in [6.45, 7) is 2.63. The number of aromatic amines is 1. The Morgan fingerprint density at radius 2 is 2.15 bits per heavy atom. The fraction of sp³-hybridized carbons (Fsp3) is 0.133. The van der Waals surface area contributed by atoms with Gasteiger partial charge >= 0.3 is 0 Å². The van der Waals surface area contributed by atoms with Crippen molar-refractivity contribution < 1.29 is 0 Å². The monoisotopic (exact) mass is 265 g/mol. The van der Waals surface area contributed by atoms with Gasteiger partial charge in [-0.15, -0.1) is 0 Å². The molecule has 0 saturated carbocycles. The molecule has 2 N–H and O–H groups in total. The molecule has 5 nitrogen and oxygen atoms in total. The Balaban J connectivity index is 1.75. The summed E-state index contributed by atoms with van der Waals surface area (Å²) < 4.78 is 0. The molecule has 5 heteroatoms. The number of aryl methyl sites for hydroxylation is 1. The molecule has 3 rings (SSSR count). The van der Waals surface area contributed by atoms with Crippen LogP contribution in [-0.4, -0.2) is 20.2 Å². The van der Waals surface area contributed by atoms with E-state index in [2.05, 4.69) is 25.5 Å². The number of aromatic nitrogens is 4. The van der Waals surface area contributed by atoms with Gasteiger partial charge < -0.3 is 5.32 Å². The molecule has 0 radical (unpaired) electrons. The standard InChI is InChI=1S/C15H15N5/c1-11-18-15(20-19-11)13-5-2-6-14(8-13)17-10-12-4-3-7-16-9-12/h2-9,17H,10H2,1H3,(H,18,19,20). The highest BCUT2D eigenvalue weighted by Gasteiger charge is 2.04. The van der Waals surface area contributed by atoms with Crippen molar-refractivity contribution in [2.75, 3.05) is 5.32 Å². The number of rotatable bonds is 4. The van der Waals surface area contributed by atoms with E-state index in [0.717, 1.165) is 29.2 Å². The normalized spacial score (nSPS) is 10.4. The van der Waals surface area contributed by atoms with E-state index in [4.69, 9.17) is 0 Å². The van der Waals surface area contributed by atoms with Crippen molar-refractivity contribution in [3.63, 3.8) is 0 Å². The number of pyridine rings is 1. The molecular formula is C15H15N5. The molecule has 1 aromatic carbocycles. The molecule has 0 amide bonds. The maximum absolute atomic E-state index is 4.34. The van der Waals surface area contributed by atoms with Crippen LogP contribution in [0.1, 0.15) is 11.4 Å². The second-order valence-electron chi connectivity index (χ2n) is 4.54. The van der Waals surface area contributed by atoms with E-state index in [1.54, 1.807) is 6.20 Å². The van der Waals surface area contributed by atoms with Crippen LogP contribution >= 0.6 is 0 Å². The minimum absolute atomic E-state index is 0.715. The Bertz CT molecular complexity index is 690. The Morgan fingerprint density at radius 1 is 1.20 bits per heavy atom. The van der Waals surface area contributed by atoms with E-state index in [9.17, 15) is 0 Å². The third-order valence-electron chi connectivity index (χ3n) is 2.94. The zero-order valence-corrected chi connectivity index (χ0v) is 11.2. The second kappa shape index (κ2) is 5.52. The van der Waals surface area contributed by atoms with Crippen molar-refractivity contribution in [1.82, 2.24) is 20.2 Å². The molecule has 0 aliphatic heterocycles. The van der Waals surface area contributed by atoms with Crippen molar-refractivity contribution in [3.8, 4) is 11.4 Å². The first-order chi connectivity index (χ1) is 9.81. The number of nitrogens with zero attached hydrogens (tertiary/aromatic N) is 3. The average Bonchev–Trinajstić information content (AvgIpc) is 2.93. The third kappa shape index (κ3) is 2.83. The van der Waals surface area contributed by atoms with E-state index in [0.29, 0.717) is 5.82 Å². The molecule has 0 unspecified atom stereocenters. The predicted molar refractivity (Wildman–Crippen MR) is 78.1 cm³/mol. The predicted octanol–water partition coefficient (Wildman–Crippen LogP) is 2.79. The summed E-state index contributed by atoms with van der Waals surface area (Å²) in [5, 5.41) is 10.4. The van der Waals surface area contributed by atoms with Gasteiger partial charge in [0.2, 0.25) is 0 Å². The van der Waals surface area contributed by atoms with Gasteiger partial charge in [-0.25, -0.2) is 4.98 Å². The first-order valence-electron chi connectivity index (χ1n) is 6.43. The molecule has 2 aromatic heterocycles. The summed E-state index contributed by atoms with van der Waals surface area (Å²) >= 11 is 0. The van der Waals surface area contributed by atoms with Crippen molar-refractivity contribution in [2.24, 2.45) is 0 Å². The van der Waals surface area contributed by atoms with Gasteiger partial charge in [0.25, 0.3) is 0 Å². The molecule has 0 saturated heterocycles. The molecule has 0 aliphatic carbocycles. The van der Waals surface area contributed by atoms with E-state index >= 15 is 0 Å². The van der Waals surface area contributed by atoms with Crippen molar-refractivity contribution >= 4 is 5.69 Å². The van der Waals surface area contributed by atoms with Crippen molar-refractivity contribution in [3.05, 3.63) is 60.2 Å². The van der Waals surface area contributed by atoms with Crippen molar-refractivity contribution in [1.29, 1.82) is 0 Å². The van der Waals surface area contributed by atoms with Gasteiger partial charge in [-0.05, 0) is 30.7 Å². The van der Waals surface area contributed by atoms with Crippen LogP contribution < -0.4 is 5.32 Å². The largest absolute Gasteiger partial charge is 0.381 e. The second-order valence-corrected chi connectivity index (χ2v) is 4.54. The van der Waals surface area contributed by atoms with Crippen LogP contribution in [0.15, 0.2) is 48.8 Å². The summed E-state index contributed by atoms with van der Waals surface area (Å²) in [6, 6.07) is 12.0. The molecule has 100 valence electrons. The average molecular weight is 265 g/mol. The number of anilines is 1. The summed E-state index contributed by atoms with van der Waals surface area (Å²) in [4.78, 5) is 8.44. The van der Waals surface area contributed by atoms with Crippen LogP contribution in [0.3, 0.4) is 0 Å². The number of benzene rings is 1. The van der Waals surface area contributed by atoms with Gasteiger partial charge in [0.05, 0.1) is 0 Å². The lowest BCUT2D eigenvalue weighted by Crippen LogP contribution is -1.99. The highest BCUT2D eigenvalue weighted by atomic mass is 15.2. The highest BCUT2D eigenvalue weighted by Crippen LogP contribution is 2.19. The summed E-state index contributed by atoms with van der Waals surface area (Å²) in [5.74, 6) is 1.53. The topological polar surface area (TPSA) is 66.5 Å². The SMILES string of the molecule is Cc1nc(-c2cccc(NCc3cccnc3)c2)n[nH]1. The zero-order valence-electron chi connectivity index (χ0n) is 11.2. The smallest absolute Gasteiger partial charge is 0.181 e. The van der Waals surface area contributed by atoms with Gasteiger partial charge in [0.1, 0.15) is 5.82 Å². The van der Waals surface area contributed by atoms with Gasteiger partial charge in [-0.2, -0.15) is 5.10 Å². The lowest BCUT2D eigenvalue weighted by molar-refractivity contribution is 1.04. The minimum Gasteiger partial charge on any atom is -0.381 e. The van der Waals surface area contributed by atoms with Gasteiger partial charge in [-0.3, -0.25) is 10.1 Å². The first-order valence-corrected chi connectivity index (χ1v) is 6.43. The van der Waals surface area contributed by atoms with Crippen LogP contribution in [0, 0.1) is 6.92 Å². The number of H-pyrrole nitrogens is 1. The lowest BCUT2D eigenvalue weighted by Gasteiger charge is -2.07. The molecule has 0 spiro atoms. The Hall–Kier alpha value is -2.69. The van der Waals surface area contributed by atoms with Gasteiger partial charge in [0.15, 0.2) is 5.82 Å². The molecule has 3 aromatic rings. The maximum atomic E-state index is 4.34. The van der Waals surface area contributed by atoms with Crippen LogP contribution in [0.4, 0.5) is 5.69 Å². The van der Waals surface area contributed by atoms with E-state index < -0.39 is 0 Å². The number of hydrogen-bond donors (Lipinski definition) is 2. The van der Waals surface area contributed by atoms with Gasteiger partial charge in [-0.1, -0.05) is 18.2 Å². The van der Waals surface area contributed by atoms with Crippen LogP contribution in [0.2, 0.25) is 0 Å². The quantitative estimate of drug-likeness (QED) is 0.761. The first kappa shape index (κ1) is 12.3. The third-order valence-corrected chi connectivity index (χ3v) is 2.94. The molecule has 0 atom stereocenters. The number of hydrogen-bond acceptors (Lipinski definition) is 4. The molecule has 0 bridgehead atoms. The Kier molecular flexibility index (Phi) is 3.41. The van der Waals surface area contributed by atoms with Crippen LogP contribution in [0.5, 0.6) is 0 Å². The Labute approximate surface area is 117 Å². The van der Waals surface area contributed by atoms with Crippen LogP contribution in [-0.2, 0) is 6.54 Å². The van der Waals surface area contributed by atoms with E-state index in [-0.39, 0.29) is 0 Å². The zero-order chi connectivity index (χ0) is 13.8. The maximum Gasteiger partial charge on any atom is 0.181 e. The highest BCUT2D eigenvalue weighted by molar-refractivity contribution is 5.62.